The Morgan fingerprint density at radius 3 is 2.95 bits per heavy atom. The van der Waals surface area contributed by atoms with Crippen molar-refractivity contribution in [2.75, 3.05) is 13.1 Å². The topological polar surface area (TPSA) is 68.1 Å². The van der Waals surface area contributed by atoms with Gasteiger partial charge in [-0.2, -0.15) is 4.31 Å². The second-order valence-corrected chi connectivity index (χ2v) is 8.05. The summed E-state index contributed by atoms with van der Waals surface area (Å²) in [4.78, 5) is 0. The Kier molecular flexibility index (Phi) is 3.61. The highest BCUT2D eigenvalue weighted by molar-refractivity contribution is 7.91. The van der Waals surface area contributed by atoms with E-state index >= 15 is 0 Å². The summed E-state index contributed by atoms with van der Waals surface area (Å²) < 4.78 is 28.9. The van der Waals surface area contributed by atoms with Gasteiger partial charge in [0, 0.05) is 26.1 Å². The first-order valence-corrected chi connectivity index (χ1v) is 8.78. The van der Waals surface area contributed by atoms with Crippen LogP contribution < -0.4 is 0 Å². The Bertz CT molecular complexity index is 678. The molecular formula is C12H16N4O2S2. The molecule has 0 aliphatic carbocycles. The van der Waals surface area contributed by atoms with E-state index < -0.39 is 10.0 Å². The Morgan fingerprint density at radius 1 is 1.45 bits per heavy atom. The highest BCUT2D eigenvalue weighted by Gasteiger charge is 2.32. The number of aromatic nitrogens is 3. The molecule has 2 aromatic heterocycles. The van der Waals surface area contributed by atoms with Crippen molar-refractivity contribution in [2.24, 2.45) is 7.05 Å². The summed E-state index contributed by atoms with van der Waals surface area (Å²) in [5, 5.41) is 9.78. The average molecular weight is 312 g/mol. The van der Waals surface area contributed by atoms with Crippen LogP contribution in [0.2, 0.25) is 0 Å². The normalized spacial score (nSPS) is 21.1. The molecule has 3 heterocycles. The summed E-state index contributed by atoms with van der Waals surface area (Å²) in [5.41, 5.74) is 0. The summed E-state index contributed by atoms with van der Waals surface area (Å²) in [6.45, 7) is 1.06. The quantitative estimate of drug-likeness (QED) is 0.860. The zero-order chi connectivity index (χ0) is 14.2. The van der Waals surface area contributed by atoms with Crippen LogP contribution in [0, 0.1) is 0 Å². The molecule has 6 nitrogen and oxygen atoms in total. The molecule has 20 heavy (non-hydrogen) atoms. The molecule has 0 aromatic carbocycles. The van der Waals surface area contributed by atoms with Crippen molar-refractivity contribution in [3.63, 3.8) is 0 Å². The second-order valence-electron chi connectivity index (χ2n) is 4.93. The van der Waals surface area contributed by atoms with Crippen LogP contribution in [-0.4, -0.2) is 40.6 Å². The summed E-state index contributed by atoms with van der Waals surface area (Å²) in [7, 11) is -1.47. The van der Waals surface area contributed by atoms with E-state index in [-0.39, 0.29) is 5.92 Å². The fourth-order valence-electron chi connectivity index (χ4n) is 2.57. The minimum Gasteiger partial charge on any atom is -0.320 e. The molecule has 0 radical (unpaired) electrons. The fourth-order valence-corrected chi connectivity index (χ4v) is 5.24. The van der Waals surface area contributed by atoms with E-state index in [2.05, 4.69) is 10.2 Å². The predicted octanol–water partition coefficient (Wildman–Crippen LogP) is 1.44. The van der Waals surface area contributed by atoms with Crippen molar-refractivity contribution in [1.82, 2.24) is 19.1 Å². The van der Waals surface area contributed by atoms with Crippen LogP contribution in [-0.2, 0) is 17.1 Å². The maximum absolute atomic E-state index is 12.5. The van der Waals surface area contributed by atoms with E-state index in [1.807, 2.05) is 11.6 Å². The Hall–Kier alpha value is -1.25. The van der Waals surface area contributed by atoms with Crippen LogP contribution >= 0.6 is 11.3 Å². The summed E-state index contributed by atoms with van der Waals surface area (Å²) in [6.07, 6.45) is 3.45. The molecule has 0 amide bonds. The van der Waals surface area contributed by atoms with E-state index in [0.717, 1.165) is 18.7 Å². The van der Waals surface area contributed by atoms with Crippen molar-refractivity contribution in [3.8, 4) is 0 Å². The molecule has 1 aliphatic heterocycles. The van der Waals surface area contributed by atoms with Crippen LogP contribution in [0.5, 0.6) is 0 Å². The van der Waals surface area contributed by atoms with E-state index in [1.54, 1.807) is 28.1 Å². The lowest BCUT2D eigenvalue weighted by Crippen LogP contribution is -2.39. The molecule has 0 bridgehead atoms. The van der Waals surface area contributed by atoms with Crippen LogP contribution in [0.15, 0.2) is 28.0 Å². The van der Waals surface area contributed by atoms with E-state index in [9.17, 15) is 8.42 Å². The predicted molar refractivity (Wildman–Crippen MR) is 76.1 cm³/mol. The van der Waals surface area contributed by atoms with Crippen molar-refractivity contribution >= 4 is 21.4 Å². The molecule has 0 N–H and O–H groups in total. The standard InChI is InChI=1S/C12H16N4O2S2/c1-15-9-13-14-12(15)10-4-2-6-16(8-10)20(17,18)11-5-3-7-19-11/h3,5,7,9-10H,2,4,6,8H2,1H3. The van der Waals surface area contributed by atoms with Gasteiger partial charge in [-0.3, -0.25) is 0 Å². The molecule has 0 saturated carbocycles. The van der Waals surface area contributed by atoms with E-state index in [0.29, 0.717) is 17.3 Å². The minimum atomic E-state index is -3.36. The second kappa shape index (κ2) is 5.27. The molecule has 3 rings (SSSR count). The number of hydrogen-bond acceptors (Lipinski definition) is 5. The number of piperidine rings is 1. The van der Waals surface area contributed by atoms with Gasteiger partial charge in [0.05, 0.1) is 0 Å². The smallest absolute Gasteiger partial charge is 0.252 e. The number of hydrogen-bond donors (Lipinski definition) is 0. The van der Waals surface area contributed by atoms with Gasteiger partial charge in [0.2, 0.25) is 0 Å². The lowest BCUT2D eigenvalue weighted by molar-refractivity contribution is 0.306. The van der Waals surface area contributed by atoms with Crippen molar-refractivity contribution in [1.29, 1.82) is 0 Å². The maximum Gasteiger partial charge on any atom is 0.252 e. The van der Waals surface area contributed by atoms with Crippen LogP contribution in [0.25, 0.3) is 0 Å². The van der Waals surface area contributed by atoms with Gasteiger partial charge in [-0.05, 0) is 24.3 Å². The number of aryl methyl sites for hydroxylation is 1. The zero-order valence-electron chi connectivity index (χ0n) is 11.1. The number of thiophene rings is 1. The first-order valence-electron chi connectivity index (χ1n) is 6.46. The van der Waals surface area contributed by atoms with Crippen LogP contribution in [0.3, 0.4) is 0 Å². The van der Waals surface area contributed by atoms with Gasteiger partial charge in [0.25, 0.3) is 10.0 Å². The molecule has 1 aliphatic rings. The van der Waals surface area contributed by atoms with Gasteiger partial charge >= 0.3 is 0 Å². The Labute approximate surface area is 122 Å². The van der Waals surface area contributed by atoms with Crippen LogP contribution in [0.4, 0.5) is 0 Å². The lowest BCUT2D eigenvalue weighted by Gasteiger charge is -2.30. The third-order valence-electron chi connectivity index (χ3n) is 3.58. The SMILES string of the molecule is Cn1cnnc1C1CCCN(S(=O)(=O)c2cccs2)C1. The number of sulfonamides is 1. The van der Waals surface area contributed by atoms with Gasteiger partial charge < -0.3 is 4.57 Å². The first kappa shape index (κ1) is 13.7. The molecule has 1 saturated heterocycles. The molecule has 1 fully saturated rings. The fraction of sp³-hybridized carbons (Fsp3) is 0.500. The lowest BCUT2D eigenvalue weighted by atomic mass is 9.99. The van der Waals surface area contributed by atoms with E-state index in [4.69, 9.17) is 0 Å². The van der Waals surface area contributed by atoms with Crippen molar-refractivity contribution < 1.29 is 8.42 Å². The highest BCUT2D eigenvalue weighted by Crippen LogP contribution is 2.30. The van der Waals surface area contributed by atoms with Gasteiger partial charge in [0.15, 0.2) is 0 Å². The van der Waals surface area contributed by atoms with Gasteiger partial charge in [-0.25, -0.2) is 8.42 Å². The van der Waals surface area contributed by atoms with Gasteiger partial charge in [-0.15, -0.1) is 21.5 Å². The molecule has 108 valence electrons. The first-order chi connectivity index (χ1) is 9.59. The average Bonchev–Trinajstić information content (AvgIpc) is 3.10. The molecule has 1 atom stereocenters. The molecule has 8 heteroatoms. The minimum absolute atomic E-state index is 0.117. The molecule has 0 spiro atoms. The van der Waals surface area contributed by atoms with Gasteiger partial charge in [-0.1, -0.05) is 6.07 Å². The summed E-state index contributed by atoms with van der Waals surface area (Å²) >= 11 is 1.26. The third kappa shape index (κ3) is 2.38. The van der Waals surface area contributed by atoms with E-state index in [1.165, 1.54) is 11.3 Å². The van der Waals surface area contributed by atoms with Crippen LogP contribution in [0.1, 0.15) is 24.6 Å². The number of nitrogens with zero attached hydrogens (tertiary/aromatic N) is 4. The number of rotatable bonds is 3. The highest BCUT2D eigenvalue weighted by atomic mass is 32.2. The molecule has 2 aromatic rings. The summed E-state index contributed by atoms with van der Waals surface area (Å²) in [5.74, 6) is 0.974. The summed E-state index contributed by atoms with van der Waals surface area (Å²) in [6, 6.07) is 3.42. The van der Waals surface area contributed by atoms with Crippen molar-refractivity contribution in [2.45, 2.75) is 23.0 Å². The Balaban J connectivity index is 1.84. The largest absolute Gasteiger partial charge is 0.320 e. The maximum atomic E-state index is 12.5. The van der Waals surface area contributed by atoms with Gasteiger partial charge in [0.1, 0.15) is 16.4 Å². The zero-order valence-corrected chi connectivity index (χ0v) is 12.8. The third-order valence-corrected chi connectivity index (χ3v) is 6.82. The monoisotopic (exact) mass is 312 g/mol. The molecular weight excluding hydrogens is 296 g/mol. The Morgan fingerprint density at radius 2 is 2.30 bits per heavy atom. The van der Waals surface area contributed by atoms with Crippen molar-refractivity contribution in [3.05, 3.63) is 29.7 Å². The molecule has 1 unspecified atom stereocenters.